The summed E-state index contributed by atoms with van der Waals surface area (Å²) < 4.78 is 42.5. The first kappa shape index (κ1) is 25.4. The molecule has 0 saturated carbocycles. The van der Waals surface area contributed by atoms with Crippen LogP contribution in [0.3, 0.4) is 0 Å². The van der Waals surface area contributed by atoms with Crippen LogP contribution >= 0.6 is 0 Å². The van der Waals surface area contributed by atoms with Gasteiger partial charge in [-0.2, -0.15) is 13.2 Å². The Kier molecular flexibility index (Phi) is 6.65. The second kappa shape index (κ2) is 9.93. The smallest absolute Gasteiger partial charge is 0.362 e. The third kappa shape index (κ3) is 4.86. The van der Waals surface area contributed by atoms with Gasteiger partial charge in [0.1, 0.15) is 5.82 Å². The van der Waals surface area contributed by atoms with Gasteiger partial charge in [-0.3, -0.25) is 9.59 Å². The highest BCUT2D eigenvalue weighted by atomic mass is 19.4. The summed E-state index contributed by atoms with van der Waals surface area (Å²) in [5.41, 5.74) is 2.08. The van der Waals surface area contributed by atoms with Crippen LogP contribution in [0.4, 0.5) is 19.0 Å². The fourth-order valence-corrected chi connectivity index (χ4v) is 5.41. The number of carbonyl (C=O) groups excluding carboxylic acids is 2. The molecule has 8 heteroatoms. The highest BCUT2D eigenvalue weighted by Crippen LogP contribution is 2.48. The van der Waals surface area contributed by atoms with Crippen LogP contribution in [0.5, 0.6) is 0 Å². The maximum absolute atomic E-state index is 14.2. The lowest BCUT2D eigenvalue weighted by atomic mass is 9.70. The Morgan fingerprint density at radius 3 is 2.42 bits per heavy atom. The van der Waals surface area contributed by atoms with Crippen molar-refractivity contribution in [1.29, 1.82) is 0 Å². The molecule has 2 atom stereocenters. The Balaban J connectivity index is 1.63. The molecule has 0 radical (unpaired) electrons. The van der Waals surface area contributed by atoms with Crippen molar-refractivity contribution in [3.05, 3.63) is 118 Å². The number of alkyl halides is 3. The lowest BCUT2D eigenvalue weighted by Gasteiger charge is -2.37. The zero-order valence-electron chi connectivity index (χ0n) is 20.9. The van der Waals surface area contributed by atoms with Gasteiger partial charge >= 0.3 is 6.18 Å². The fourth-order valence-electron chi connectivity index (χ4n) is 5.41. The standard InChI is InChI=1S/C30H26F3N3O2/c1-17-12-13-34-25(14-17)36-29(38)26-18(2)35-23-15-20(19-8-4-3-5-9-19)16-24(37)28(23)27(26)21-10-6-7-11-22(21)30(31,32)33/h3-14,20,27,35H,15-16H2,1-2H3,(H,34,36,38)/t20-,27-/m0/s1. The molecule has 38 heavy (non-hydrogen) atoms. The van der Waals surface area contributed by atoms with Crippen LogP contribution in [0.2, 0.25) is 0 Å². The molecule has 0 saturated heterocycles. The predicted molar refractivity (Wildman–Crippen MR) is 138 cm³/mol. The molecule has 1 aromatic heterocycles. The Morgan fingerprint density at radius 1 is 1.00 bits per heavy atom. The lowest BCUT2D eigenvalue weighted by Crippen LogP contribution is -2.37. The number of rotatable bonds is 4. The number of ketones is 1. The number of anilines is 1. The van der Waals surface area contributed by atoms with Crippen molar-refractivity contribution < 1.29 is 22.8 Å². The number of amides is 1. The van der Waals surface area contributed by atoms with Gasteiger partial charge in [0.15, 0.2) is 5.78 Å². The van der Waals surface area contributed by atoms with Gasteiger partial charge in [0, 0.05) is 41.1 Å². The molecule has 0 fully saturated rings. The number of allylic oxidation sites excluding steroid dienone is 3. The highest BCUT2D eigenvalue weighted by Gasteiger charge is 2.44. The van der Waals surface area contributed by atoms with Gasteiger partial charge in [0.2, 0.25) is 0 Å². The number of hydrogen-bond acceptors (Lipinski definition) is 4. The first-order chi connectivity index (χ1) is 18.1. The molecule has 2 aromatic carbocycles. The van der Waals surface area contributed by atoms with E-state index in [4.69, 9.17) is 0 Å². The van der Waals surface area contributed by atoms with E-state index in [2.05, 4.69) is 15.6 Å². The first-order valence-corrected chi connectivity index (χ1v) is 12.3. The van der Waals surface area contributed by atoms with Crippen LogP contribution < -0.4 is 10.6 Å². The summed E-state index contributed by atoms with van der Waals surface area (Å²) >= 11 is 0. The molecule has 2 heterocycles. The minimum absolute atomic E-state index is 0.0651. The molecule has 5 nitrogen and oxygen atoms in total. The number of benzene rings is 2. The number of nitrogens with zero attached hydrogens (tertiary/aromatic N) is 1. The average molecular weight is 518 g/mol. The van der Waals surface area contributed by atoms with E-state index in [1.807, 2.05) is 37.3 Å². The van der Waals surface area contributed by atoms with Gasteiger partial charge in [0.05, 0.1) is 5.56 Å². The SMILES string of the molecule is CC1=C(C(=O)Nc2cc(C)ccn2)[C@H](c2ccccc2C(F)(F)F)C2=C(C[C@H](c3ccccc3)CC2=O)N1. The van der Waals surface area contributed by atoms with Gasteiger partial charge in [-0.15, -0.1) is 0 Å². The third-order valence-corrected chi connectivity index (χ3v) is 7.08. The second-order valence-electron chi connectivity index (χ2n) is 9.69. The Bertz CT molecular complexity index is 1480. The van der Waals surface area contributed by atoms with Crippen molar-refractivity contribution in [2.75, 3.05) is 5.32 Å². The van der Waals surface area contributed by atoms with Gasteiger partial charge in [-0.05, 0) is 61.1 Å². The van der Waals surface area contributed by atoms with Crippen LogP contribution in [0, 0.1) is 6.92 Å². The van der Waals surface area contributed by atoms with E-state index in [1.54, 1.807) is 19.1 Å². The molecule has 2 N–H and O–H groups in total. The van der Waals surface area contributed by atoms with E-state index < -0.39 is 23.6 Å². The Labute approximate surface area is 218 Å². The maximum Gasteiger partial charge on any atom is 0.416 e. The van der Waals surface area contributed by atoms with Crippen LogP contribution in [0.1, 0.15) is 53.9 Å². The molecule has 194 valence electrons. The van der Waals surface area contributed by atoms with Crippen LogP contribution in [0.15, 0.2) is 95.5 Å². The molecule has 1 aliphatic heterocycles. The fraction of sp³-hybridized carbons (Fsp3) is 0.233. The predicted octanol–water partition coefficient (Wildman–Crippen LogP) is 6.41. The van der Waals surface area contributed by atoms with Crippen molar-refractivity contribution in [2.24, 2.45) is 0 Å². The number of nitrogens with one attached hydrogen (secondary N) is 2. The summed E-state index contributed by atoms with van der Waals surface area (Å²) in [6.07, 6.45) is -2.54. The lowest BCUT2D eigenvalue weighted by molar-refractivity contribution is -0.138. The van der Waals surface area contributed by atoms with E-state index in [1.165, 1.54) is 24.4 Å². The molecule has 0 bridgehead atoms. The summed E-state index contributed by atoms with van der Waals surface area (Å²) in [5, 5.41) is 5.93. The van der Waals surface area contributed by atoms with Crippen LogP contribution in [-0.2, 0) is 15.8 Å². The molecule has 1 aliphatic carbocycles. The van der Waals surface area contributed by atoms with E-state index in [0.29, 0.717) is 17.8 Å². The quantitative estimate of drug-likeness (QED) is 0.420. The van der Waals surface area contributed by atoms with Crippen LogP contribution in [0.25, 0.3) is 0 Å². The number of carbonyl (C=O) groups is 2. The molecule has 0 spiro atoms. The van der Waals surface area contributed by atoms with Gasteiger partial charge < -0.3 is 10.6 Å². The Hall–Kier alpha value is -4.20. The molecule has 1 amide bonds. The number of aromatic nitrogens is 1. The highest BCUT2D eigenvalue weighted by molar-refractivity contribution is 6.09. The summed E-state index contributed by atoms with van der Waals surface area (Å²) in [6.45, 7) is 3.50. The number of hydrogen-bond donors (Lipinski definition) is 2. The van der Waals surface area contributed by atoms with E-state index in [-0.39, 0.29) is 40.6 Å². The normalized spacial score (nSPS) is 19.7. The van der Waals surface area contributed by atoms with Crippen molar-refractivity contribution >= 4 is 17.5 Å². The molecule has 3 aromatic rings. The molecular formula is C30H26F3N3O2. The number of aryl methyl sites for hydroxylation is 1. The van der Waals surface area contributed by atoms with Crippen molar-refractivity contribution in [3.63, 3.8) is 0 Å². The van der Waals surface area contributed by atoms with E-state index in [9.17, 15) is 22.8 Å². The van der Waals surface area contributed by atoms with Gasteiger partial charge in [-0.1, -0.05) is 48.5 Å². The number of Topliss-reactive ketones (excluding diaryl/α,β-unsaturated/α-hetero) is 1. The number of pyridine rings is 1. The largest absolute Gasteiger partial charge is 0.416 e. The number of halogens is 3. The summed E-state index contributed by atoms with van der Waals surface area (Å²) in [5.74, 6) is -1.91. The number of dihydropyridines is 1. The molecule has 0 unspecified atom stereocenters. The molecule has 2 aliphatic rings. The minimum Gasteiger partial charge on any atom is -0.362 e. The second-order valence-corrected chi connectivity index (χ2v) is 9.69. The van der Waals surface area contributed by atoms with E-state index in [0.717, 1.165) is 17.2 Å². The molecular weight excluding hydrogens is 491 g/mol. The van der Waals surface area contributed by atoms with Crippen molar-refractivity contribution in [2.45, 2.75) is 44.7 Å². The minimum atomic E-state index is -4.67. The first-order valence-electron chi connectivity index (χ1n) is 12.3. The monoisotopic (exact) mass is 517 g/mol. The summed E-state index contributed by atoms with van der Waals surface area (Å²) in [7, 11) is 0. The summed E-state index contributed by atoms with van der Waals surface area (Å²) in [4.78, 5) is 31.5. The zero-order chi connectivity index (χ0) is 27.0. The summed E-state index contributed by atoms with van der Waals surface area (Å²) in [6, 6.07) is 18.2. The van der Waals surface area contributed by atoms with Crippen LogP contribution in [-0.4, -0.2) is 16.7 Å². The molecule has 5 rings (SSSR count). The topological polar surface area (TPSA) is 71.1 Å². The van der Waals surface area contributed by atoms with Crippen molar-refractivity contribution in [1.82, 2.24) is 10.3 Å². The Morgan fingerprint density at radius 2 is 1.71 bits per heavy atom. The maximum atomic E-state index is 14.2. The van der Waals surface area contributed by atoms with Gasteiger partial charge in [-0.25, -0.2) is 4.98 Å². The third-order valence-electron chi connectivity index (χ3n) is 7.08. The van der Waals surface area contributed by atoms with Gasteiger partial charge in [0.25, 0.3) is 5.91 Å². The van der Waals surface area contributed by atoms with E-state index >= 15 is 0 Å². The average Bonchev–Trinajstić information content (AvgIpc) is 2.87. The van der Waals surface area contributed by atoms with Crippen molar-refractivity contribution in [3.8, 4) is 0 Å². The zero-order valence-corrected chi connectivity index (χ0v) is 20.9.